The van der Waals surface area contributed by atoms with Gasteiger partial charge in [0.2, 0.25) is 0 Å². The number of hydrogen-bond acceptors (Lipinski definition) is 8. The van der Waals surface area contributed by atoms with E-state index in [1.165, 1.54) is 5.56 Å². The fraction of sp³-hybridized carbons (Fsp3) is 0.424. The largest absolute Gasteiger partial charge is 0.383 e. The first-order valence-electron chi connectivity index (χ1n) is 15.7. The Hall–Kier alpha value is -4.71. The summed E-state index contributed by atoms with van der Waals surface area (Å²) < 4.78 is 3.74. The lowest BCUT2D eigenvalue weighted by Gasteiger charge is -2.39. The van der Waals surface area contributed by atoms with Crippen LogP contribution in [0.3, 0.4) is 0 Å². The Labute approximate surface area is 261 Å². The van der Waals surface area contributed by atoms with Crippen LogP contribution in [-0.4, -0.2) is 89.8 Å². The summed E-state index contributed by atoms with van der Waals surface area (Å²) in [7, 11) is 0. The van der Waals surface area contributed by atoms with Crippen LogP contribution < -0.4 is 15.1 Å². The molecule has 3 saturated heterocycles. The molecule has 0 radical (unpaired) electrons. The summed E-state index contributed by atoms with van der Waals surface area (Å²) in [5.74, 6) is 1.19. The normalized spacial score (nSPS) is 22.2. The van der Waals surface area contributed by atoms with E-state index in [4.69, 9.17) is 4.98 Å². The van der Waals surface area contributed by atoms with E-state index in [0.717, 1.165) is 68.2 Å². The van der Waals surface area contributed by atoms with E-state index in [9.17, 15) is 9.90 Å². The van der Waals surface area contributed by atoms with E-state index in [-0.39, 0.29) is 23.5 Å². The number of nitrogens with zero attached hydrogens (tertiary/aromatic N) is 9. The lowest BCUT2D eigenvalue weighted by atomic mass is 9.82. The van der Waals surface area contributed by atoms with Crippen LogP contribution in [0.5, 0.6) is 0 Å². The molecule has 0 saturated carbocycles. The Balaban J connectivity index is 0.938. The van der Waals surface area contributed by atoms with E-state index >= 15 is 0 Å². The average Bonchev–Trinajstić information content (AvgIpc) is 3.84. The number of carbonyl (C=O) groups excluding carboxylic acids is 1. The van der Waals surface area contributed by atoms with Crippen LogP contribution in [-0.2, 0) is 5.41 Å². The number of amides is 2. The number of urea groups is 1. The zero-order valence-corrected chi connectivity index (χ0v) is 25.7. The number of rotatable bonds is 6. The van der Waals surface area contributed by atoms with Crippen LogP contribution in [0.2, 0.25) is 0 Å². The number of β-amino-alcohol motifs (C(OH)–C–C–N with tert-alkyl or cyclic N) is 1. The second-order valence-electron chi connectivity index (χ2n) is 13.2. The summed E-state index contributed by atoms with van der Waals surface area (Å²) in [6, 6.07) is 12.7. The first-order valence-corrected chi connectivity index (χ1v) is 15.7. The average molecular weight is 607 g/mol. The Kier molecular flexibility index (Phi) is 6.45. The van der Waals surface area contributed by atoms with E-state index in [1.807, 2.05) is 29.9 Å². The van der Waals surface area contributed by atoms with Crippen LogP contribution >= 0.6 is 0 Å². The first-order chi connectivity index (χ1) is 21.8. The number of hydrogen-bond donors (Lipinski definition) is 2. The Bertz CT molecular complexity index is 1880. The maximum atomic E-state index is 13.1. The van der Waals surface area contributed by atoms with Crippen molar-refractivity contribution in [2.45, 2.75) is 50.2 Å². The van der Waals surface area contributed by atoms with Gasteiger partial charge in [0.15, 0.2) is 22.9 Å². The second kappa shape index (κ2) is 10.4. The number of carbonyl (C=O) groups is 1. The third-order valence-corrected chi connectivity index (χ3v) is 10.1. The number of fused-ring (bicyclic) bond motifs is 2. The molecule has 0 bridgehead atoms. The predicted molar refractivity (Wildman–Crippen MR) is 171 cm³/mol. The zero-order chi connectivity index (χ0) is 30.8. The molecule has 2 atom stereocenters. The summed E-state index contributed by atoms with van der Waals surface area (Å²) in [4.78, 5) is 33.2. The minimum Gasteiger partial charge on any atom is -0.383 e. The van der Waals surface area contributed by atoms with Crippen LogP contribution in [0.15, 0.2) is 67.4 Å². The highest BCUT2D eigenvalue weighted by Crippen LogP contribution is 2.37. The first kappa shape index (κ1) is 27.8. The summed E-state index contributed by atoms with van der Waals surface area (Å²) in [5, 5.41) is 19.1. The van der Waals surface area contributed by atoms with Crippen molar-refractivity contribution in [3.8, 4) is 0 Å². The van der Waals surface area contributed by atoms with Crippen LogP contribution in [0.25, 0.3) is 11.3 Å². The maximum Gasteiger partial charge on any atom is 0.318 e. The van der Waals surface area contributed by atoms with Crippen LogP contribution in [0, 0.1) is 6.92 Å². The Morgan fingerprint density at radius 3 is 2.53 bits per heavy atom. The molecule has 3 aliphatic heterocycles. The van der Waals surface area contributed by atoms with Gasteiger partial charge in [0.25, 0.3) is 0 Å². The SMILES string of the molecule is Cc1cc(N2CC[C@@](C)(c3ccccc3)C2)cn2nc(C(O)CN3CC4(CCN(c5nccn6ccnc56)CC4)NC3=O)nc12. The fourth-order valence-corrected chi connectivity index (χ4v) is 7.43. The minimum absolute atomic E-state index is 0.0862. The van der Waals surface area contributed by atoms with Crippen LogP contribution in [0.4, 0.5) is 16.3 Å². The second-order valence-corrected chi connectivity index (χ2v) is 13.2. The number of anilines is 2. The molecule has 3 fully saturated rings. The zero-order valence-electron chi connectivity index (χ0n) is 25.7. The van der Waals surface area contributed by atoms with E-state index < -0.39 is 6.10 Å². The predicted octanol–water partition coefficient (Wildman–Crippen LogP) is 3.35. The van der Waals surface area contributed by atoms with Gasteiger partial charge in [0.05, 0.1) is 24.0 Å². The van der Waals surface area contributed by atoms with Crippen molar-refractivity contribution in [2.75, 3.05) is 49.1 Å². The highest BCUT2D eigenvalue weighted by Gasteiger charge is 2.45. The molecule has 12 nitrogen and oxygen atoms in total. The topological polar surface area (TPSA) is 119 Å². The summed E-state index contributed by atoms with van der Waals surface area (Å²) in [6.07, 6.45) is 11.0. The number of aliphatic hydroxyl groups is 1. The van der Waals surface area contributed by atoms with E-state index in [0.29, 0.717) is 18.0 Å². The van der Waals surface area contributed by atoms with Gasteiger partial charge in [-0.25, -0.2) is 24.3 Å². The van der Waals surface area contributed by atoms with Gasteiger partial charge in [-0.15, -0.1) is 5.10 Å². The number of nitrogens with one attached hydrogen (secondary N) is 1. The molecule has 1 unspecified atom stereocenters. The van der Waals surface area contributed by atoms with Gasteiger partial charge >= 0.3 is 6.03 Å². The van der Waals surface area contributed by atoms with Crippen molar-refractivity contribution in [3.63, 3.8) is 0 Å². The monoisotopic (exact) mass is 606 g/mol. The highest BCUT2D eigenvalue weighted by atomic mass is 16.3. The van der Waals surface area contributed by atoms with E-state index in [1.54, 1.807) is 21.8 Å². The Morgan fingerprint density at radius 1 is 0.978 bits per heavy atom. The van der Waals surface area contributed by atoms with Crippen molar-refractivity contribution in [2.24, 2.45) is 0 Å². The molecule has 0 aliphatic carbocycles. The number of piperidine rings is 1. The van der Waals surface area contributed by atoms with Gasteiger partial charge in [-0.2, -0.15) is 0 Å². The summed E-state index contributed by atoms with van der Waals surface area (Å²) in [6.45, 7) is 8.42. The number of aryl methyl sites for hydroxylation is 1. The number of pyridine rings is 1. The maximum absolute atomic E-state index is 13.1. The van der Waals surface area contributed by atoms with Crippen molar-refractivity contribution < 1.29 is 9.90 Å². The Morgan fingerprint density at radius 2 is 1.73 bits per heavy atom. The molecule has 232 valence electrons. The van der Waals surface area contributed by atoms with Gasteiger partial charge in [-0.3, -0.25) is 0 Å². The van der Waals surface area contributed by atoms with Gasteiger partial charge in [0, 0.05) is 62.9 Å². The third kappa shape index (κ3) is 4.84. The van der Waals surface area contributed by atoms with Crippen molar-refractivity contribution in [3.05, 3.63) is 84.3 Å². The lowest BCUT2D eigenvalue weighted by molar-refractivity contribution is 0.121. The number of aliphatic hydroxyl groups excluding tert-OH is 1. The van der Waals surface area contributed by atoms with Gasteiger partial charge in [-0.05, 0) is 43.4 Å². The number of aromatic nitrogens is 6. The van der Waals surface area contributed by atoms with Crippen molar-refractivity contribution >= 4 is 28.8 Å². The molecule has 1 spiro atoms. The van der Waals surface area contributed by atoms with E-state index in [2.05, 4.69) is 73.5 Å². The molecular weight excluding hydrogens is 568 g/mol. The quantitative estimate of drug-likeness (QED) is 0.302. The molecule has 7 heterocycles. The van der Waals surface area contributed by atoms with Gasteiger partial charge in [0.1, 0.15) is 6.10 Å². The standard InChI is InChI=1S/C33H38N10O2/c1-23-18-25(41-13-8-32(2,21-41)24-6-4-3-5-7-24)19-43-28(23)36-27(38-43)26(44)20-42-22-33(37-31(42)45)9-14-39(15-10-33)29-30-35-12-17-40(30)16-11-34-29/h3-7,11-12,16-19,26,44H,8-10,13-15,20-22H2,1-2H3,(H,37,45)/t26?,32-/m1/s1. The molecule has 5 aromatic rings. The molecule has 1 aromatic carbocycles. The minimum atomic E-state index is -0.996. The molecule has 8 rings (SSSR count). The smallest absolute Gasteiger partial charge is 0.318 e. The molecule has 4 aromatic heterocycles. The summed E-state index contributed by atoms with van der Waals surface area (Å²) >= 11 is 0. The lowest BCUT2D eigenvalue weighted by Crippen LogP contribution is -2.52. The van der Waals surface area contributed by atoms with Crippen molar-refractivity contribution in [1.82, 2.24) is 39.2 Å². The number of imidazole rings is 1. The molecule has 2 N–H and O–H groups in total. The molecular formula is C33H38N10O2. The number of benzene rings is 1. The summed E-state index contributed by atoms with van der Waals surface area (Å²) in [5.41, 5.74) is 4.75. The molecule has 2 amide bonds. The van der Waals surface area contributed by atoms with Gasteiger partial charge < -0.3 is 29.5 Å². The van der Waals surface area contributed by atoms with Gasteiger partial charge in [-0.1, -0.05) is 37.3 Å². The molecule has 3 aliphatic rings. The van der Waals surface area contributed by atoms with Crippen molar-refractivity contribution in [1.29, 1.82) is 0 Å². The fourth-order valence-electron chi connectivity index (χ4n) is 7.43. The molecule has 12 heteroatoms. The molecule has 45 heavy (non-hydrogen) atoms. The highest BCUT2D eigenvalue weighted by molar-refractivity contribution is 5.78. The third-order valence-electron chi connectivity index (χ3n) is 10.1. The van der Waals surface area contributed by atoms with Crippen LogP contribution in [0.1, 0.15) is 49.2 Å².